The number of hydrogen-bond acceptors (Lipinski definition) is 5. The molecule has 2 aromatic rings. The molecule has 1 saturated heterocycles. The Hall–Kier alpha value is -2.98. The van der Waals surface area contributed by atoms with Gasteiger partial charge >= 0.3 is 6.03 Å². The number of hydrogen-bond donors (Lipinski definition) is 2. The van der Waals surface area contributed by atoms with E-state index in [2.05, 4.69) is 40.5 Å². The van der Waals surface area contributed by atoms with Crippen molar-refractivity contribution in [2.75, 3.05) is 18.5 Å². The largest absolute Gasteiger partial charge is 0.381 e. The first-order valence-electron chi connectivity index (χ1n) is 9.49. The van der Waals surface area contributed by atoms with Crippen LogP contribution in [0.1, 0.15) is 43.6 Å². The summed E-state index contributed by atoms with van der Waals surface area (Å²) in [6, 6.07) is 9.14. The fraction of sp³-hybridized carbons (Fsp3) is 0.429. The number of carbonyl (C=O) groups excluding carboxylic acids is 1. The zero-order chi connectivity index (χ0) is 20.0. The van der Waals surface area contributed by atoms with Crippen LogP contribution in [0.15, 0.2) is 36.7 Å². The van der Waals surface area contributed by atoms with E-state index in [-0.39, 0.29) is 6.03 Å². The minimum Gasteiger partial charge on any atom is -0.381 e. The van der Waals surface area contributed by atoms with Crippen molar-refractivity contribution in [1.82, 2.24) is 15.3 Å². The Morgan fingerprint density at radius 3 is 2.43 bits per heavy atom. The summed E-state index contributed by atoms with van der Waals surface area (Å²) in [5, 5.41) is 15.0. The molecule has 0 spiro atoms. The van der Waals surface area contributed by atoms with Crippen molar-refractivity contribution in [2.24, 2.45) is 5.92 Å². The Morgan fingerprint density at radius 1 is 1.21 bits per heavy atom. The third-order valence-electron chi connectivity index (χ3n) is 4.82. The zero-order valence-corrected chi connectivity index (χ0v) is 16.2. The van der Waals surface area contributed by atoms with E-state index in [0.717, 1.165) is 17.8 Å². The highest BCUT2D eigenvalue weighted by Gasteiger charge is 2.36. The molecule has 3 rings (SSSR count). The number of anilines is 1. The van der Waals surface area contributed by atoms with E-state index in [1.54, 1.807) is 24.5 Å². The molecular weight excluding hydrogens is 354 g/mol. The molecule has 1 aliphatic rings. The fourth-order valence-electron chi connectivity index (χ4n) is 3.34. The summed E-state index contributed by atoms with van der Waals surface area (Å²) in [6.45, 7) is 5.35. The average Bonchev–Trinajstić information content (AvgIpc) is 2.70. The second-order valence-electron chi connectivity index (χ2n) is 7.45. The lowest BCUT2D eigenvalue weighted by atomic mass is 9.82. The molecule has 0 unspecified atom stereocenters. The number of amides is 2. The summed E-state index contributed by atoms with van der Waals surface area (Å²) in [5.41, 5.74) is 1.57. The Morgan fingerprint density at radius 2 is 1.86 bits per heavy atom. The molecule has 2 heterocycles. The summed E-state index contributed by atoms with van der Waals surface area (Å²) in [6.07, 6.45) is 5.38. The number of ether oxygens (including phenoxy) is 1. The highest BCUT2D eigenvalue weighted by Crippen LogP contribution is 2.32. The van der Waals surface area contributed by atoms with Gasteiger partial charge in [0.15, 0.2) is 0 Å². The lowest BCUT2D eigenvalue weighted by Crippen LogP contribution is -2.50. The lowest BCUT2D eigenvalue weighted by Gasteiger charge is -2.38. The van der Waals surface area contributed by atoms with Crippen LogP contribution in [0.4, 0.5) is 10.5 Å². The van der Waals surface area contributed by atoms with Crippen LogP contribution in [0.3, 0.4) is 0 Å². The monoisotopic (exact) mass is 379 g/mol. The number of benzene rings is 1. The van der Waals surface area contributed by atoms with Crippen LogP contribution in [0, 0.1) is 17.2 Å². The van der Waals surface area contributed by atoms with E-state index in [0.29, 0.717) is 43.2 Å². The SMILES string of the molecule is CC(C)Cc1ncc(NC(=O)NC2(c3ccc(C#N)cc3)CCOCC2)cn1. The number of carbonyl (C=O) groups is 1. The number of nitrogens with one attached hydrogen (secondary N) is 2. The van der Waals surface area contributed by atoms with Crippen molar-refractivity contribution in [3.8, 4) is 6.07 Å². The maximum Gasteiger partial charge on any atom is 0.320 e. The quantitative estimate of drug-likeness (QED) is 0.830. The first kappa shape index (κ1) is 19.8. The van der Waals surface area contributed by atoms with Gasteiger partial charge in [0.1, 0.15) is 5.82 Å². The second kappa shape index (κ2) is 8.81. The van der Waals surface area contributed by atoms with Crippen molar-refractivity contribution in [3.05, 3.63) is 53.6 Å². The Balaban J connectivity index is 1.72. The van der Waals surface area contributed by atoms with E-state index >= 15 is 0 Å². The Bertz CT molecular complexity index is 835. The predicted octanol–water partition coefficient (Wildman–Crippen LogP) is 3.37. The van der Waals surface area contributed by atoms with Crippen molar-refractivity contribution in [1.29, 1.82) is 5.26 Å². The topological polar surface area (TPSA) is 99.9 Å². The highest BCUT2D eigenvalue weighted by molar-refractivity contribution is 5.89. The van der Waals surface area contributed by atoms with Gasteiger partial charge in [-0.2, -0.15) is 5.26 Å². The predicted molar refractivity (Wildman–Crippen MR) is 106 cm³/mol. The maximum absolute atomic E-state index is 12.7. The molecule has 146 valence electrons. The minimum absolute atomic E-state index is 0.313. The highest BCUT2D eigenvalue weighted by atomic mass is 16.5. The molecule has 1 aromatic heterocycles. The van der Waals surface area contributed by atoms with E-state index < -0.39 is 5.54 Å². The van der Waals surface area contributed by atoms with E-state index in [1.807, 2.05) is 12.1 Å². The van der Waals surface area contributed by atoms with Gasteiger partial charge in [0.2, 0.25) is 0 Å². The smallest absolute Gasteiger partial charge is 0.320 e. The second-order valence-corrected chi connectivity index (χ2v) is 7.45. The van der Waals surface area contributed by atoms with Gasteiger partial charge in [-0.05, 0) is 36.5 Å². The average molecular weight is 379 g/mol. The van der Waals surface area contributed by atoms with Gasteiger partial charge in [-0.25, -0.2) is 14.8 Å². The van der Waals surface area contributed by atoms with Crippen LogP contribution in [0.2, 0.25) is 0 Å². The van der Waals surface area contributed by atoms with Gasteiger partial charge in [-0.15, -0.1) is 0 Å². The van der Waals surface area contributed by atoms with Gasteiger partial charge in [0.25, 0.3) is 0 Å². The summed E-state index contributed by atoms with van der Waals surface area (Å²) in [5.74, 6) is 1.24. The van der Waals surface area contributed by atoms with Gasteiger partial charge in [0, 0.05) is 19.6 Å². The number of rotatable bonds is 5. The summed E-state index contributed by atoms with van der Waals surface area (Å²) >= 11 is 0. The molecule has 2 N–H and O–H groups in total. The number of nitrogens with zero attached hydrogens (tertiary/aromatic N) is 3. The van der Waals surface area contributed by atoms with Crippen LogP contribution in [0.5, 0.6) is 0 Å². The molecular formula is C21H25N5O2. The fourth-order valence-corrected chi connectivity index (χ4v) is 3.34. The summed E-state index contributed by atoms with van der Waals surface area (Å²) in [4.78, 5) is 21.3. The van der Waals surface area contributed by atoms with Gasteiger partial charge in [-0.3, -0.25) is 0 Å². The minimum atomic E-state index is -0.533. The van der Waals surface area contributed by atoms with Crippen molar-refractivity contribution >= 4 is 11.7 Å². The van der Waals surface area contributed by atoms with Crippen LogP contribution in [0.25, 0.3) is 0 Å². The van der Waals surface area contributed by atoms with Gasteiger partial charge < -0.3 is 15.4 Å². The molecule has 1 aromatic carbocycles. The molecule has 0 saturated carbocycles. The molecule has 2 amide bonds. The normalized spacial score (nSPS) is 15.6. The molecule has 28 heavy (non-hydrogen) atoms. The van der Waals surface area contributed by atoms with Crippen molar-refractivity contribution < 1.29 is 9.53 Å². The van der Waals surface area contributed by atoms with E-state index in [1.165, 1.54) is 0 Å². The number of aromatic nitrogens is 2. The maximum atomic E-state index is 12.7. The van der Waals surface area contributed by atoms with Crippen LogP contribution < -0.4 is 10.6 Å². The van der Waals surface area contributed by atoms with Crippen molar-refractivity contribution in [2.45, 2.75) is 38.6 Å². The first-order chi connectivity index (χ1) is 13.5. The lowest BCUT2D eigenvalue weighted by molar-refractivity contribution is 0.0418. The van der Waals surface area contributed by atoms with Gasteiger partial charge in [-0.1, -0.05) is 26.0 Å². The van der Waals surface area contributed by atoms with Gasteiger partial charge in [0.05, 0.1) is 35.3 Å². The third-order valence-corrected chi connectivity index (χ3v) is 4.82. The first-order valence-corrected chi connectivity index (χ1v) is 9.49. The van der Waals surface area contributed by atoms with Crippen molar-refractivity contribution in [3.63, 3.8) is 0 Å². The van der Waals surface area contributed by atoms with Crippen LogP contribution in [-0.4, -0.2) is 29.2 Å². The molecule has 1 aliphatic heterocycles. The standard InChI is InChI=1S/C21H25N5O2/c1-15(2)11-19-23-13-18(14-24-19)25-20(27)26-21(7-9-28-10-8-21)17-5-3-16(12-22)4-6-17/h3-6,13-15H,7-11H2,1-2H3,(H2,25,26,27). The molecule has 7 nitrogen and oxygen atoms in total. The molecule has 7 heteroatoms. The van der Waals surface area contributed by atoms with Crippen LogP contribution in [-0.2, 0) is 16.7 Å². The molecule has 0 aliphatic carbocycles. The number of urea groups is 1. The van der Waals surface area contributed by atoms with Crippen LogP contribution >= 0.6 is 0 Å². The summed E-state index contributed by atoms with van der Waals surface area (Å²) < 4.78 is 5.49. The number of nitriles is 1. The van der Waals surface area contributed by atoms with E-state index in [9.17, 15) is 4.79 Å². The van der Waals surface area contributed by atoms with E-state index in [4.69, 9.17) is 10.00 Å². The molecule has 0 atom stereocenters. The molecule has 0 bridgehead atoms. The zero-order valence-electron chi connectivity index (χ0n) is 16.2. The molecule has 1 fully saturated rings. The Kier molecular flexibility index (Phi) is 6.22. The summed E-state index contributed by atoms with van der Waals surface area (Å²) in [7, 11) is 0. The molecule has 0 radical (unpaired) electrons. The third kappa shape index (κ3) is 4.84. The Labute approximate surface area is 165 Å².